The van der Waals surface area contributed by atoms with E-state index in [1.54, 1.807) is 0 Å². The highest BCUT2D eigenvalue weighted by Crippen LogP contribution is 2.22. The second-order valence-electron chi connectivity index (χ2n) is 5.38. The summed E-state index contributed by atoms with van der Waals surface area (Å²) in [5.41, 5.74) is 0.103. The molecule has 0 aromatic carbocycles. The summed E-state index contributed by atoms with van der Waals surface area (Å²) in [4.78, 5) is 14.5. The van der Waals surface area contributed by atoms with Crippen molar-refractivity contribution in [3.05, 3.63) is 21.6 Å². The monoisotopic (exact) mass is 308 g/mol. The lowest BCUT2D eigenvalue weighted by Crippen LogP contribution is -2.34. The van der Waals surface area contributed by atoms with Crippen molar-refractivity contribution >= 4 is 17.3 Å². The van der Waals surface area contributed by atoms with Crippen LogP contribution in [0.5, 0.6) is 0 Å². The molecule has 6 heteroatoms. The van der Waals surface area contributed by atoms with Gasteiger partial charge in [0.25, 0.3) is 5.56 Å². The quantitative estimate of drug-likeness (QED) is 0.815. The van der Waals surface area contributed by atoms with E-state index in [-0.39, 0.29) is 12.1 Å². The van der Waals surface area contributed by atoms with E-state index in [0.717, 1.165) is 6.54 Å². The fourth-order valence-electron chi connectivity index (χ4n) is 2.71. The summed E-state index contributed by atoms with van der Waals surface area (Å²) in [7, 11) is 2.13. The summed E-state index contributed by atoms with van der Waals surface area (Å²) >= 11 is 6.04. The molecule has 1 aromatic rings. The van der Waals surface area contributed by atoms with E-state index in [1.165, 1.54) is 36.6 Å². The van der Waals surface area contributed by atoms with E-state index in [2.05, 4.69) is 28.3 Å². The first-order valence-electron chi connectivity index (χ1n) is 7.26. The summed E-state index contributed by atoms with van der Waals surface area (Å²) < 4.78 is 1.23. The van der Waals surface area contributed by atoms with Gasteiger partial charge in [-0.05, 0) is 19.9 Å². The Bertz CT molecular complexity index is 572. The largest absolute Gasteiger partial charge is 0.378 e. The molecule has 0 amide bonds. The first kappa shape index (κ1) is 15.9. The van der Waals surface area contributed by atoms with Gasteiger partial charge in [-0.1, -0.05) is 30.4 Å². The number of rotatable bonds is 6. The third kappa shape index (κ3) is 3.99. The van der Waals surface area contributed by atoms with E-state index in [4.69, 9.17) is 18.0 Å². The number of nitrogens with zero attached hydrogens (tertiary/aromatic N) is 3. The van der Waals surface area contributed by atoms with E-state index in [1.807, 2.05) is 0 Å². The van der Waals surface area contributed by atoms with Crippen LogP contribution in [0.15, 0.2) is 11.0 Å². The fraction of sp³-hybridized carbons (Fsp3) is 0.600. The van der Waals surface area contributed by atoms with Gasteiger partial charge in [0.15, 0.2) is 0 Å². The second-order valence-corrected chi connectivity index (χ2v) is 5.79. The van der Waals surface area contributed by atoms with Crippen LogP contribution in [0.25, 0.3) is 0 Å². The summed E-state index contributed by atoms with van der Waals surface area (Å²) in [6.45, 7) is 1.69. The predicted molar refractivity (Wildman–Crippen MR) is 85.7 cm³/mol. The number of nitrogens with one attached hydrogen (secondary N) is 1. The molecule has 0 radical (unpaired) electrons. The Morgan fingerprint density at radius 3 is 2.95 bits per heavy atom. The zero-order valence-electron chi connectivity index (χ0n) is 12.3. The van der Waals surface area contributed by atoms with Crippen LogP contribution < -0.4 is 10.9 Å². The van der Waals surface area contributed by atoms with Crippen molar-refractivity contribution in [3.8, 4) is 12.3 Å². The summed E-state index contributed by atoms with van der Waals surface area (Å²) in [5, 5.41) is 7.36. The molecule has 1 fully saturated rings. The molecule has 5 nitrogen and oxygen atoms in total. The molecule has 0 spiro atoms. The molecule has 0 atom stereocenters. The maximum Gasteiger partial charge on any atom is 0.292 e. The summed E-state index contributed by atoms with van der Waals surface area (Å²) in [5.74, 6) is 2.40. The molecule has 0 bridgehead atoms. The van der Waals surface area contributed by atoms with Crippen LogP contribution in [0.3, 0.4) is 0 Å². The molecule has 114 valence electrons. The minimum Gasteiger partial charge on any atom is -0.378 e. The SMILES string of the molecule is C#CCn1ncc(Cl)c(NCCN(C)C2CCCC2)c1=O. The van der Waals surface area contributed by atoms with Crippen LogP contribution in [-0.2, 0) is 6.54 Å². The number of hydrogen-bond acceptors (Lipinski definition) is 4. The van der Waals surface area contributed by atoms with E-state index < -0.39 is 0 Å². The van der Waals surface area contributed by atoms with Crippen LogP contribution in [0.2, 0.25) is 5.02 Å². The summed E-state index contributed by atoms with van der Waals surface area (Å²) in [6.07, 6.45) is 11.8. The predicted octanol–water partition coefficient (Wildman–Crippen LogP) is 1.82. The van der Waals surface area contributed by atoms with Crippen molar-refractivity contribution in [2.24, 2.45) is 0 Å². The number of aromatic nitrogens is 2. The van der Waals surface area contributed by atoms with Gasteiger partial charge < -0.3 is 10.2 Å². The molecule has 1 saturated carbocycles. The number of halogens is 1. The highest BCUT2D eigenvalue weighted by molar-refractivity contribution is 6.32. The molecule has 0 unspecified atom stereocenters. The lowest BCUT2D eigenvalue weighted by Gasteiger charge is -2.24. The van der Waals surface area contributed by atoms with Gasteiger partial charge >= 0.3 is 0 Å². The van der Waals surface area contributed by atoms with E-state index in [9.17, 15) is 4.79 Å². The summed E-state index contributed by atoms with van der Waals surface area (Å²) in [6, 6.07) is 0.665. The number of likely N-dealkylation sites (N-methyl/N-ethyl adjacent to an activating group) is 1. The molecule has 21 heavy (non-hydrogen) atoms. The van der Waals surface area contributed by atoms with Crippen LogP contribution in [0.1, 0.15) is 25.7 Å². The smallest absolute Gasteiger partial charge is 0.292 e. The molecular weight excluding hydrogens is 288 g/mol. The van der Waals surface area contributed by atoms with Crippen molar-refractivity contribution in [1.82, 2.24) is 14.7 Å². The zero-order valence-corrected chi connectivity index (χ0v) is 13.1. The van der Waals surface area contributed by atoms with E-state index in [0.29, 0.717) is 23.3 Å². The Hall–Kier alpha value is -1.51. The van der Waals surface area contributed by atoms with Crippen molar-refractivity contribution in [2.45, 2.75) is 38.3 Å². The van der Waals surface area contributed by atoms with Gasteiger partial charge in [-0.15, -0.1) is 6.42 Å². The number of hydrogen-bond donors (Lipinski definition) is 1. The second kappa shape index (κ2) is 7.48. The van der Waals surface area contributed by atoms with Crippen LogP contribution >= 0.6 is 11.6 Å². The minimum atomic E-state index is -0.274. The lowest BCUT2D eigenvalue weighted by atomic mass is 10.2. The maximum atomic E-state index is 12.2. The standard InChI is InChI=1S/C15H21ClN4O/c1-3-9-20-15(21)14(13(16)11-18-20)17-8-10-19(2)12-6-4-5-7-12/h1,11-12,17H,4-10H2,2H3. The van der Waals surface area contributed by atoms with Gasteiger partial charge in [0.2, 0.25) is 0 Å². The van der Waals surface area contributed by atoms with Crippen LogP contribution in [0.4, 0.5) is 5.69 Å². The molecule has 1 N–H and O–H groups in total. The lowest BCUT2D eigenvalue weighted by molar-refractivity contribution is 0.254. The van der Waals surface area contributed by atoms with Gasteiger partial charge in [0.1, 0.15) is 12.2 Å². The first-order valence-corrected chi connectivity index (χ1v) is 7.64. The van der Waals surface area contributed by atoms with Gasteiger partial charge in [-0.3, -0.25) is 4.79 Å². The van der Waals surface area contributed by atoms with Gasteiger partial charge in [0, 0.05) is 19.1 Å². The Kier molecular flexibility index (Phi) is 5.66. The normalized spacial score (nSPS) is 15.3. The van der Waals surface area contributed by atoms with Crippen LogP contribution in [-0.4, -0.2) is 40.9 Å². The Balaban J connectivity index is 1.95. The minimum absolute atomic E-state index is 0.145. The van der Waals surface area contributed by atoms with Crippen LogP contribution in [0, 0.1) is 12.3 Å². The fourth-order valence-corrected chi connectivity index (χ4v) is 2.90. The highest BCUT2D eigenvalue weighted by Gasteiger charge is 2.19. The number of anilines is 1. The Labute approximate surface area is 130 Å². The molecule has 1 aromatic heterocycles. The van der Waals surface area contributed by atoms with Gasteiger partial charge in [-0.2, -0.15) is 5.10 Å². The Morgan fingerprint density at radius 1 is 1.57 bits per heavy atom. The molecule has 0 saturated heterocycles. The third-order valence-corrected chi connectivity index (χ3v) is 4.24. The molecular formula is C15H21ClN4O. The van der Waals surface area contributed by atoms with Crippen molar-refractivity contribution in [3.63, 3.8) is 0 Å². The van der Waals surface area contributed by atoms with Crippen molar-refractivity contribution in [1.29, 1.82) is 0 Å². The highest BCUT2D eigenvalue weighted by atomic mass is 35.5. The average Bonchev–Trinajstić information content (AvgIpc) is 3.00. The van der Waals surface area contributed by atoms with Crippen molar-refractivity contribution < 1.29 is 0 Å². The molecule has 0 aliphatic heterocycles. The molecule has 1 aliphatic carbocycles. The van der Waals surface area contributed by atoms with E-state index >= 15 is 0 Å². The van der Waals surface area contributed by atoms with Crippen molar-refractivity contribution in [2.75, 3.05) is 25.5 Å². The average molecular weight is 309 g/mol. The molecule has 1 aliphatic rings. The maximum absolute atomic E-state index is 12.2. The molecule has 1 heterocycles. The van der Waals surface area contributed by atoms with Gasteiger partial charge in [0.05, 0.1) is 11.2 Å². The topological polar surface area (TPSA) is 50.2 Å². The number of terminal acetylenes is 1. The Morgan fingerprint density at radius 2 is 2.29 bits per heavy atom. The first-order chi connectivity index (χ1) is 10.1. The molecule has 2 rings (SSSR count). The third-order valence-electron chi connectivity index (χ3n) is 3.95. The zero-order chi connectivity index (χ0) is 15.2. The van der Waals surface area contributed by atoms with Gasteiger partial charge in [-0.25, -0.2) is 4.68 Å².